The summed E-state index contributed by atoms with van der Waals surface area (Å²) in [6.07, 6.45) is -1.84. The number of rotatable bonds is 4. The van der Waals surface area contributed by atoms with E-state index >= 15 is 0 Å². The predicted molar refractivity (Wildman–Crippen MR) is 79.5 cm³/mol. The minimum Gasteiger partial charge on any atom is -0.367 e. The molecule has 2 rings (SSSR count). The van der Waals surface area contributed by atoms with E-state index in [-0.39, 0.29) is 6.42 Å². The zero-order chi connectivity index (χ0) is 15.5. The van der Waals surface area contributed by atoms with Crippen LogP contribution in [0, 0.1) is 0 Å². The van der Waals surface area contributed by atoms with Gasteiger partial charge >= 0.3 is 6.18 Å². The number of nitrogens with one attached hydrogen (secondary N) is 1. The van der Waals surface area contributed by atoms with E-state index in [9.17, 15) is 13.2 Å². The third kappa shape index (κ3) is 3.79. The van der Waals surface area contributed by atoms with Crippen LogP contribution in [0.5, 0.6) is 0 Å². The summed E-state index contributed by atoms with van der Waals surface area (Å²) in [4.78, 5) is 1.97. The minimum atomic E-state index is -4.18. The van der Waals surface area contributed by atoms with Gasteiger partial charge in [-0.05, 0) is 37.6 Å². The summed E-state index contributed by atoms with van der Waals surface area (Å²) >= 11 is 0. The SMILES string of the molecule is CCC(NC)c1ccc(N2CC=C(C(F)(F)F)CC2)cc1. The van der Waals surface area contributed by atoms with E-state index in [4.69, 9.17) is 0 Å². The highest BCUT2D eigenvalue weighted by Crippen LogP contribution is 2.31. The van der Waals surface area contributed by atoms with Crippen LogP contribution in [-0.2, 0) is 0 Å². The van der Waals surface area contributed by atoms with E-state index < -0.39 is 11.7 Å². The molecule has 0 spiro atoms. The van der Waals surface area contributed by atoms with Gasteiger partial charge in [0.1, 0.15) is 0 Å². The van der Waals surface area contributed by atoms with Crippen LogP contribution in [0.1, 0.15) is 31.4 Å². The standard InChI is InChI=1S/C16H21F3N2/c1-3-15(20-2)12-4-6-14(7-5-12)21-10-8-13(9-11-21)16(17,18)19/h4-8,15,20H,3,9-11H2,1-2H3. The van der Waals surface area contributed by atoms with E-state index in [1.807, 2.05) is 36.2 Å². The second-order valence-corrected chi connectivity index (χ2v) is 5.26. The van der Waals surface area contributed by atoms with Gasteiger partial charge in [-0.2, -0.15) is 13.2 Å². The highest BCUT2D eigenvalue weighted by molar-refractivity contribution is 5.50. The normalized spacial score (nSPS) is 17.6. The first kappa shape index (κ1) is 15.9. The Kier molecular flexibility index (Phi) is 4.93. The lowest BCUT2D eigenvalue weighted by molar-refractivity contribution is -0.0943. The van der Waals surface area contributed by atoms with Crippen LogP contribution in [0.15, 0.2) is 35.9 Å². The monoisotopic (exact) mass is 298 g/mol. The molecule has 1 aromatic carbocycles. The largest absolute Gasteiger partial charge is 0.412 e. The van der Waals surface area contributed by atoms with Crippen molar-refractivity contribution in [2.24, 2.45) is 0 Å². The van der Waals surface area contributed by atoms with Crippen LogP contribution in [0.4, 0.5) is 18.9 Å². The van der Waals surface area contributed by atoms with E-state index in [0.717, 1.165) is 12.1 Å². The highest BCUT2D eigenvalue weighted by Gasteiger charge is 2.34. The van der Waals surface area contributed by atoms with Crippen molar-refractivity contribution in [1.29, 1.82) is 0 Å². The van der Waals surface area contributed by atoms with E-state index in [1.165, 1.54) is 11.6 Å². The van der Waals surface area contributed by atoms with Gasteiger partial charge in [-0.25, -0.2) is 0 Å². The van der Waals surface area contributed by atoms with Crippen LogP contribution in [0.3, 0.4) is 0 Å². The van der Waals surface area contributed by atoms with Crippen molar-refractivity contribution >= 4 is 5.69 Å². The summed E-state index contributed by atoms with van der Waals surface area (Å²) in [5.41, 5.74) is 1.77. The zero-order valence-electron chi connectivity index (χ0n) is 12.4. The molecule has 1 unspecified atom stereocenters. The van der Waals surface area contributed by atoms with Crippen molar-refractivity contribution in [3.63, 3.8) is 0 Å². The van der Waals surface area contributed by atoms with Crippen LogP contribution >= 0.6 is 0 Å². The minimum absolute atomic E-state index is 0.0549. The number of hydrogen-bond acceptors (Lipinski definition) is 2. The number of nitrogens with zero attached hydrogens (tertiary/aromatic N) is 1. The van der Waals surface area contributed by atoms with Crippen molar-refractivity contribution in [3.05, 3.63) is 41.5 Å². The lowest BCUT2D eigenvalue weighted by atomic mass is 10.0. The van der Waals surface area contributed by atoms with E-state index in [1.54, 1.807) is 0 Å². The molecule has 1 aliphatic rings. The Morgan fingerprint density at radius 3 is 2.33 bits per heavy atom. The molecule has 0 fully saturated rings. The van der Waals surface area contributed by atoms with Crippen molar-refractivity contribution < 1.29 is 13.2 Å². The Morgan fingerprint density at radius 1 is 1.24 bits per heavy atom. The van der Waals surface area contributed by atoms with Crippen LogP contribution in [0.25, 0.3) is 0 Å². The van der Waals surface area contributed by atoms with Gasteiger partial charge in [-0.1, -0.05) is 25.1 Å². The fourth-order valence-electron chi connectivity index (χ4n) is 2.69. The molecule has 0 aromatic heterocycles. The van der Waals surface area contributed by atoms with Crippen molar-refractivity contribution in [1.82, 2.24) is 5.32 Å². The predicted octanol–water partition coefficient (Wildman–Crippen LogP) is 4.06. The van der Waals surface area contributed by atoms with Gasteiger partial charge in [0.05, 0.1) is 0 Å². The summed E-state index contributed by atoms with van der Waals surface area (Å²) in [6.45, 7) is 2.84. The Balaban J connectivity index is 2.06. The van der Waals surface area contributed by atoms with Crippen LogP contribution in [0.2, 0.25) is 0 Å². The summed E-state index contributed by atoms with van der Waals surface area (Å²) in [6, 6.07) is 8.38. The molecule has 1 heterocycles. The Hall–Kier alpha value is -1.49. The van der Waals surface area contributed by atoms with Gasteiger partial charge in [0, 0.05) is 30.4 Å². The molecule has 21 heavy (non-hydrogen) atoms. The average molecular weight is 298 g/mol. The number of alkyl halides is 3. The fourth-order valence-corrected chi connectivity index (χ4v) is 2.69. The number of halogens is 3. The lowest BCUT2D eigenvalue weighted by Crippen LogP contribution is -2.31. The molecule has 1 atom stereocenters. The maximum Gasteiger partial charge on any atom is 0.412 e. The maximum atomic E-state index is 12.6. The lowest BCUT2D eigenvalue weighted by Gasteiger charge is -2.29. The van der Waals surface area contributed by atoms with Gasteiger partial charge in [-0.15, -0.1) is 0 Å². The molecule has 0 saturated carbocycles. The molecule has 5 heteroatoms. The topological polar surface area (TPSA) is 15.3 Å². The Morgan fingerprint density at radius 2 is 1.90 bits per heavy atom. The third-order valence-corrected chi connectivity index (χ3v) is 3.99. The Bertz CT molecular complexity index is 487. The van der Waals surface area contributed by atoms with Gasteiger partial charge < -0.3 is 10.2 Å². The second kappa shape index (κ2) is 6.52. The quantitative estimate of drug-likeness (QED) is 0.843. The molecule has 0 saturated heterocycles. The molecule has 0 aliphatic carbocycles. The Labute approximate surface area is 123 Å². The van der Waals surface area contributed by atoms with Crippen LogP contribution < -0.4 is 10.2 Å². The maximum absolute atomic E-state index is 12.6. The fraction of sp³-hybridized carbons (Fsp3) is 0.500. The van der Waals surface area contributed by atoms with Gasteiger partial charge in [0.25, 0.3) is 0 Å². The van der Waals surface area contributed by atoms with Crippen molar-refractivity contribution in [2.75, 3.05) is 25.0 Å². The average Bonchev–Trinajstić information content (AvgIpc) is 2.48. The number of benzene rings is 1. The second-order valence-electron chi connectivity index (χ2n) is 5.26. The van der Waals surface area contributed by atoms with E-state index in [0.29, 0.717) is 19.1 Å². The molecule has 0 bridgehead atoms. The van der Waals surface area contributed by atoms with Gasteiger partial charge in [0.2, 0.25) is 0 Å². The first-order valence-electron chi connectivity index (χ1n) is 7.24. The first-order valence-corrected chi connectivity index (χ1v) is 7.24. The smallest absolute Gasteiger partial charge is 0.367 e. The molecular weight excluding hydrogens is 277 g/mol. The zero-order valence-corrected chi connectivity index (χ0v) is 12.4. The molecular formula is C16H21F3N2. The number of anilines is 1. The van der Waals surface area contributed by atoms with Crippen molar-refractivity contribution in [3.8, 4) is 0 Å². The molecule has 0 amide bonds. The summed E-state index contributed by atoms with van der Waals surface area (Å²) in [7, 11) is 1.93. The summed E-state index contributed by atoms with van der Waals surface area (Å²) in [5, 5.41) is 3.24. The molecule has 2 nitrogen and oxygen atoms in total. The number of hydrogen-bond donors (Lipinski definition) is 1. The van der Waals surface area contributed by atoms with E-state index in [2.05, 4.69) is 12.2 Å². The van der Waals surface area contributed by atoms with Crippen LogP contribution in [-0.4, -0.2) is 26.3 Å². The molecule has 1 aliphatic heterocycles. The van der Waals surface area contributed by atoms with Gasteiger partial charge in [-0.3, -0.25) is 0 Å². The molecule has 1 N–H and O–H groups in total. The van der Waals surface area contributed by atoms with Crippen molar-refractivity contribution in [2.45, 2.75) is 32.0 Å². The molecule has 1 aromatic rings. The first-order chi connectivity index (χ1) is 9.95. The summed E-state index contributed by atoms with van der Waals surface area (Å²) < 4.78 is 37.8. The summed E-state index contributed by atoms with van der Waals surface area (Å²) in [5.74, 6) is 0. The third-order valence-electron chi connectivity index (χ3n) is 3.99. The molecule has 116 valence electrons. The molecule has 0 radical (unpaired) electrons. The highest BCUT2D eigenvalue weighted by atomic mass is 19.4. The van der Waals surface area contributed by atoms with Gasteiger partial charge in [0.15, 0.2) is 0 Å².